The van der Waals surface area contributed by atoms with E-state index in [1.165, 1.54) is 11.8 Å². The Kier molecular flexibility index (Phi) is 5.84. The van der Waals surface area contributed by atoms with Gasteiger partial charge < -0.3 is 10.6 Å². The van der Waals surface area contributed by atoms with E-state index in [2.05, 4.69) is 10.6 Å². The lowest BCUT2D eigenvalue weighted by Crippen LogP contribution is -2.32. The van der Waals surface area contributed by atoms with Gasteiger partial charge in [-0.2, -0.15) is 0 Å². The van der Waals surface area contributed by atoms with Gasteiger partial charge in [-0.25, -0.2) is 4.90 Å². The fraction of sp³-hybridized carbons (Fsp3) is 0.148. The Morgan fingerprint density at radius 2 is 1.42 bits per heavy atom. The van der Waals surface area contributed by atoms with Crippen LogP contribution in [0.1, 0.15) is 29.2 Å². The summed E-state index contributed by atoms with van der Waals surface area (Å²) in [5.74, 6) is -0.993. The number of carbonyl (C=O) groups is 3. The van der Waals surface area contributed by atoms with Crippen LogP contribution in [0.3, 0.4) is 0 Å². The summed E-state index contributed by atoms with van der Waals surface area (Å²) in [6, 6.07) is 20.1. The lowest BCUT2D eigenvalue weighted by molar-refractivity contribution is -0.120. The highest BCUT2D eigenvalue weighted by Crippen LogP contribution is 2.34. The predicted octanol–water partition coefficient (Wildman–Crippen LogP) is 4.97. The van der Waals surface area contributed by atoms with Crippen molar-refractivity contribution in [2.24, 2.45) is 0 Å². The van der Waals surface area contributed by atoms with Gasteiger partial charge in [-0.1, -0.05) is 30.3 Å². The molecule has 3 aromatic carbocycles. The maximum Gasteiger partial charge on any atom is 0.282 e. The molecule has 0 radical (unpaired) electrons. The van der Waals surface area contributed by atoms with E-state index >= 15 is 0 Å². The van der Waals surface area contributed by atoms with Crippen molar-refractivity contribution < 1.29 is 14.4 Å². The Morgan fingerprint density at radius 3 is 2.03 bits per heavy atom. The second-order valence-corrected chi connectivity index (χ2v) is 8.29. The van der Waals surface area contributed by atoms with Crippen molar-refractivity contribution >= 4 is 40.4 Å². The third-order valence-electron chi connectivity index (χ3n) is 5.33. The number of aryl methyl sites for hydroxylation is 3. The van der Waals surface area contributed by atoms with E-state index in [-0.39, 0.29) is 17.2 Å². The zero-order valence-electron chi connectivity index (χ0n) is 19.0. The molecule has 0 saturated heterocycles. The minimum Gasteiger partial charge on any atom is -0.350 e. The molecule has 1 heterocycles. The van der Waals surface area contributed by atoms with E-state index < -0.39 is 11.8 Å². The van der Waals surface area contributed by atoms with Crippen molar-refractivity contribution in [2.75, 3.05) is 15.5 Å². The molecule has 6 nitrogen and oxygen atoms in total. The lowest BCUT2D eigenvalue weighted by atomic mass is 10.0. The number of hydrogen-bond donors (Lipinski definition) is 2. The predicted molar refractivity (Wildman–Crippen MR) is 131 cm³/mol. The molecule has 0 saturated carbocycles. The van der Waals surface area contributed by atoms with Crippen molar-refractivity contribution in [3.05, 3.63) is 94.7 Å². The Balaban J connectivity index is 1.81. The number of nitrogens with zero attached hydrogens (tertiary/aromatic N) is 1. The van der Waals surface area contributed by atoms with E-state index in [0.29, 0.717) is 16.9 Å². The van der Waals surface area contributed by atoms with Gasteiger partial charge in [-0.05, 0) is 79.4 Å². The van der Waals surface area contributed by atoms with Crippen LogP contribution < -0.4 is 15.5 Å². The number of anilines is 3. The minimum atomic E-state index is -0.411. The number of carbonyl (C=O) groups excluding carboxylic acids is 3. The Bertz CT molecular complexity index is 1290. The average Bonchev–Trinajstić information content (AvgIpc) is 2.97. The highest BCUT2D eigenvalue weighted by molar-refractivity contribution is 6.46. The summed E-state index contributed by atoms with van der Waals surface area (Å²) in [4.78, 5) is 39.6. The normalized spacial score (nSPS) is 13.5. The number of benzene rings is 3. The third-order valence-corrected chi connectivity index (χ3v) is 5.33. The molecule has 6 heteroatoms. The van der Waals surface area contributed by atoms with Gasteiger partial charge in [-0.3, -0.25) is 14.4 Å². The van der Waals surface area contributed by atoms with Crippen molar-refractivity contribution in [3.63, 3.8) is 0 Å². The first-order valence-corrected chi connectivity index (χ1v) is 10.7. The topological polar surface area (TPSA) is 78.5 Å². The molecule has 2 N–H and O–H groups in total. The fourth-order valence-corrected chi connectivity index (χ4v) is 4.03. The number of nitrogens with one attached hydrogen (secondary N) is 2. The number of amides is 3. The van der Waals surface area contributed by atoms with Crippen molar-refractivity contribution in [1.82, 2.24) is 0 Å². The lowest BCUT2D eigenvalue weighted by Gasteiger charge is -2.16. The molecule has 1 aliphatic heterocycles. The molecule has 0 atom stereocenters. The summed E-state index contributed by atoms with van der Waals surface area (Å²) in [7, 11) is 0. The maximum absolute atomic E-state index is 13.6. The maximum atomic E-state index is 13.6. The van der Waals surface area contributed by atoms with Gasteiger partial charge in [0, 0.05) is 18.3 Å². The molecule has 166 valence electrons. The van der Waals surface area contributed by atoms with E-state index in [0.717, 1.165) is 22.4 Å². The highest BCUT2D eigenvalue weighted by Gasteiger charge is 2.40. The van der Waals surface area contributed by atoms with Crippen LogP contribution in [0.2, 0.25) is 0 Å². The third kappa shape index (κ3) is 4.55. The molecule has 1 aliphatic rings. The molecular formula is C27H25N3O3. The Hall–Kier alpha value is -4.19. The molecule has 0 aromatic heterocycles. The molecule has 3 amide bonds. The SMILES string of the molecule is CC(=O)Nc1ccc(C2=C(Nc3cc(C)cc(C)c3)C(=O)N(c3cccc(C)c3)C2=O)cc1. The van der Waals surface area contributed by atoms with E-state index in [1.54, 1.807) is 30.3 Å². The summed E-state index contributed by atoms with van der Waals surface area (Å²) in [6.45, 7) is 7.31. The zero-order valence-corrected chi connectivity index (χ0v) is 19.0. The Morgan fingerprint density at radius 1 is 0.758 bits per heavy atom. The molecule has 0 unspecified atom stereocenters. The summed E-state index contributed by atoms with van der Waals surface area (Å²) < 4.78 is 0. The minimum absolute atomic E-state index is 0.183. The quantitative estimate of drug-likeness (QED) is 0.551. The van der Waals surface area contributed by atoms with Crippen LogP contribution in [0.15, 0.2) is 72.4 Å². The van der Waals surface area contributed by atoms with Crippen LogP contribution in [0.25, 0.3) is 5.57 Å². The largest absolute Gasteiger partial charge is 0.350 e. The first-order valence-electron chi connectivity index (χ1n) is 10.7. The molecule has 33 heavy (non-hydrogen) atoms. The standard InChI is InChI=1S/C27H25N3O3/c1-16-6-5-7-23(15-16)30-26(32)24(20-8-10-21(11-9-20)28-19(4)31)25(27(30)33)29-22-13-17(2)12-18(3)14-22/h5-15,29H,1-4H3,(H,28,31). The first-order chi connectivity index (χ1) is 15.7. The van der Waals surface area contributed by atoms with Crippen LogP contribution in [-0.2, 0) is 14.4 Å². The number of hydrogen-bond acceptors (Lipinski definition) is 4. The summed E-state index contributed by atoms with van der Waals surface area (Å²) in [5.41, 5.74) is 6.02. The molecule has 0 aliphatic carbocycles. The number of imide groups is 1. The highest BCUT2D eigenvalue weighted by atomic mass is 16.2. The van der Waals surface area contributed by atoms with Gasteiger partial charge in [0.2, 0.25) is 5.91 Å². The van der Waals surface area contributed by atoms with Crippen molar-refractivity contribution in [1.29, 1.82) is 0 Å². The molecule has 0 fully saturated rings. The summed E-state index contributed by atoms with van der Waals surface area (Å²) >= 11 is 0. The second-order valence-electron chi connectivity index (χ2n) is 8.29. The average molecular weight is 440 g/mol. The van der Waals surface area contributed by atoms with Crippen LogP contribution in [0, 0.1) is 20.8 Å². The zero-order chi connectivity index (χ0) is 23.7. The van der Waals surface area contributed by atoms with E-state index in [1.807, 2.05) is 57.2 Å². The van der Waals surface area contributed by atoms with Gasteiger partial charge in [0.15, 0.2) is 0 Å². The van der Waals surface area contributed by atoms with Gasteiger partial charge in [0.25, 0.3) is 11.8 Å². The fourth-order valence-electron chi connectivity index (χ4n) is 4.03. The monoisotopic (exact) mass is 439 g/mol. The van der Waals surface area contributed by atoms with Crippen molar-refractivity contribution in [3.8, 4) is 0 Å². The summed E-state index contributed by atoms with van der Waals surface area (Å²) in [5, 5.41) is 5.92. The van der Waals surface area contributed by atoms with Gasteiger partial charge in [0.05, 0.1) is 11.3 Å². The molecular weight excluding hydrogens is 414 g/mol. The van der Waals surface area contributed by atoms with Crippen LogP contribution in [0.4, 0.5) is 17.1 Å². The van der Waals surface area contributed by atoms with Crippen LogP contribution in [0.5, 0.6) is 0 Å². The molecule has 0 spiro atoms. The summed E-state index contributed by atoms with van der Waals surface area (Å²) in [6.07, 6.45) is 0. The smallest absolute Gasteiger partial charge is 0.282 e. The van der Waals surface area contributed by atoms with E-state index in [4.69, 9.17) is 0 Å². The van der Waals surface area contributed by atoms with Crippen molar-refractivity contribution in [2.45, 2.75) is 27.7 Å². The van der Waals surface area contributed by atoms with Gasteiger partial charge >= 0.3 is 0 Å². The van der Waals surface area contributed by atoms with Crippen LogP contribution in [-0.4, -0.2) is 17.7 Å². The van der Waals surface area contributed by atoms with Gasteiger partial charge in [-0.15, -0.1) is 0 Å². The molecule has 3 aromatic rings. The first kappa shape index (κ1) is 22.0. The van der Waals surface area contributed by atoms with Crippen LogP contribution >= 0.6 is 0 Å². The van der Waals surface area contributed by atoms with Gasteiger partial charge in [0.1, 0.15) is 5.70 Å². The molecule has 4 rings (SSSR count). The second kappa shape index (κ2) is 8.74. The molecule has 0 bridgehead atoms. The Labute approximate surface area is 192 Å². The number of rotatable bonds is 5. The van der Waals surface area contributed by atoms with E-state index in [9.17, 15) is 14.4 Å².